The Kier molecular flexibility index (Phi) is 10.1. The average molecular weight is 406 g/mol. The summed E-state index contributed by atoms with van der Waals surface area (Å²) in [7, 11) is 1.69. The summed E-state index contributed by atoms with van der Waals surface area (Å²) in [5.74, 6) is 1.49. The van der Waals surface area contributed by atoms with Gasteiger partial charge >= 0.3 is 0 Å². The third kappa shape index (κ3) is 6.50. The molecule has 8 heteroatoms. The maximum absolute atomic E-state index is 12.1. The molecule has 148 valence electrons. The largest absolute Gasteiger partial charge is 0.497 e. The van der Waals surface area contributed by atoms with Crippen molar-refractivity contribution in [2.45, 2.75) is 18.9 Å². The molecule has 0 radical (unpaired) electrons. The van der Waals surface area contributed by atoms with Crippen LogP contribution >= 0.6 is 24.8 Å². The van der Waals surface area contributed by atoms with Crippen LogP contribution in [0.5, 0.6) is 5.75 Å². The predicted octanol–water partition coefficient (Wildman–Crippen LogP) is 1.86. The molecule has 0 bridgehead atoms. The summed E-state index contributed by atoms with van der Waals surface area (Å²) >= 11 is 0. The first-order valence-electron chi connectivity index (χ1n) is 8.71. The third-order valence-electron chi connectivity index (χ3n) is 4.72. The van der Waals surface area contributed by atoms with Gasteiger partial charge in [-0.05, 0) is 24.5 Å². The van der Waals surface area contributed by atoms with Crippen molar-refractivity contribution in [3.8, 4) is 5.75 Å². The lowest BCUT2D eigenvalue weighted by Gasteiger charge is -2.23. The highest BCUT2D eigenvalue weighted by Crippen LogP contribution is 2.26. The number of nitrogens with one attached hydrogen (secondary N) is 2. The normalized spacial score (nSPS) is 22.1. The molecule has 2 aliphatic rings. The lowest BCUT2D eigenvalue weighted by atomic mass is 10.1. The molecule has 0 saturated carbocycles. The average Bonchev–Trinajstić information content (AvgIpc) is 3.10. The van der Waals surface area contributed by atoms with Crippen LogP contribution in [0.3, 0.4) is 0 Å². The molecule has 1 amide bonds. The molecular weight excluding hydrogens is 377 g/mol. The molecule has 2 fully saturated rings. The molecule has 0 aliphatic carbocycles. The molecule has 26 heavy (non-hydrogen) atoms. The van der Waals surface area contributed by atoms with Gasteiger partial charge in [-0.25, -0.2) is 0 Å². The number of carbonyl (C=O) groups excluding carboxylic acids is 1. The van der Waals surface area contributed by atoms with Gasteiger partial charge in [0.05, 0.1) is 20.3 Å². The molecule has 2 unspecified atom stereocenters. The van der Waals surface area contributed by atoms with E-state index in [2.05, 4.69) is 27.7 Å². The monoisotopic (exact) mass is 405 g/mol. The van der Waals surface area contributed by atoms with Crippen LogP contribution in [0.25, 0.3) is 0 Å². The SMILES string of the molecule is COc1cccc(N2CCC(CNC(=O)CC3COCCN3)C2)c1.Cl.Cl. The van der Waals surface area contributed by atoms with Gasteiger partial charge in [0.15, 0.2) is 0 Å². The number of morpholine rings is 1. The van der Waals surface area contributed by atoms with E-state index in [-0.39, 0.29) is 36.8 Å². The molecule has 1 aromatic rings. The topological polar surface area (TPSA) is 62.8 Å². The number of ether oxygens (including phenoxy) is 2. The highest BCUT2D eigenvalue weighted by molar-refractivity contribution is 5.85. The maximum atomic E-state index is 12.1. The fourth-order valence-electron chi connectivity index (χ4n) is 3.35. The molecule has 2 heterocycles. The molecular formula is C18H29Cl2N3O3. The fraction of sp³-hybridized carbons (Fsp3) is 0.611. The van der Waals surface area contributed by atoms with Crippen molar-refractivity contribution in [3.63, 3.8) is 0 Å². The number of halogens is 2. The summed E-state index contributed by atoms with van der Waals surface area (Å²) in [4.78, 5) is 14.4. The van der Waals surface area contributed by atoms with Crippen molar-refractivity contribution >= 4 is 36.4 Å². The van der Waals surface area contributed by atoms with Crippen molar-refractivity contribution in [1.29, 1.82) is 0 Å². The van der Waals surface area contributed by atoms with Gasteiger partial charge in [-0.1, -0.05) is 6.07 Å². The Hall–Kier alpha value is -1.21. The Morgan fingerprint density at radius 3 is 3.00 bits per heavy atom. The summed E-state index contributed by atoms with van der Waals surface area (Å²) < 4.78 is 10.7. The summed E-state index contributed by atoms with van der Waals surface area (Å²) in [5, 5.41) is 6.39. The van der Waals surface area contributed by atoms with Crippen LogP contribution in [0.2, 0.25) is 0 Å². The summed E-state index contributed by atoms with van der Waals surface area (Å²) in [6.07, 6.45) is 1.59. The minimum absolute atomic E-state index is 0. The molecule has 2 atom stereocenters. The van der Waals surface area contributed by atoms with Crippen molar-refractivity contribution in [3.05, 3.63) is 24.3 Å². The standard InChI is InChI=1S/C18H27N3O3.2ClH/c1-23-17-4-2-3-16(10-17)21-7-5-14(12-21)11-20-18(22)9-15-13-24-8-6-19-15;;/h2-4,10,14-15,19H,5-9,11-13H2,1H3,(H,20,22);2*1H. The van der Waals surface area contributed by atoms with Gasteiger partial charge in [0, 0.05) is 50.4 Å². The zero-order chi connectivity index (χ0) is 16.8. The minimum atomic E-state index is 0. The summed E-state index contributed by atoms with van der Waals surface area (Å²) in [6.45, 7) is 4.92. The molecule has 2 saturated heterocycles. The zero-order valence-corrected chi connectivity index (χ0v) is 16.7. The second-order valence-corrected chi connectivity index (χ2v) is 6.54. The van der Waals surface area contributed by atoms with Gasteiger partial charge in [-0.3, -0.25) is 4.79 Å². The number of benzene rings is 1. The number of anilines is 1. The first kappa shape index (κ1) is 22.8. The van der Waals surface area contributed by atoms with E-state index >= 15 is 0 Å². The number of methoxy groups -OCH3 is 1. The molecule has 0 spiro atoms. The number of amides is 1. The Labute approximate surface area is 167 Å². The fourth-order valence-corrected chi connectivity index (χ4v) is 3.35. The van der Waals surface area contributed by atoms with Crippen LogP contribution in [0.4, 0.5) is 5.69 Å². The quantitative estimate of drug-likeness (QED) is 0.755. The second kappa shape index (κ2) is 11.5. The summed E-state index contributed by atoms with van der Waals surface area (Å²) in [5.41, 5.74) is 1.19. The van der Waals surface area contributed by atoms with Gasteiger partial charge in [-0.2, -0.15) is 0 Å². The van der Waals surface area contributed by atoms with Crippen LogP contribution in [0.1, 0.15) is 12.8 Å². The van der Waals surface area contributed by atoms with E-state index in [1.807, 2.05) is 12.1 Å². The van der Waals surface area contributed by atoms with E-state index in [4.69, 9.17) is 9.47 Å². The highest BCUT2D eigenvalue weighted by atomic mass is 35.5. The smallest absolute Gasteiger partial charge is 0.221 e. The van der Waals surface area contributed by atoms with Crippen molar-refractivity contribution in [1.82, 2.24) is 10.6 Å². The van der Waals surface area contributed by atoms with Crippen LogP contribution in [0.15, 0.2) is 24.3 Å². The van der Waals surface area contributed by atoms with Crippen LogP contribution < -0.4 is 20.3 Å². The third-order valence-corrected chi connectivity index (χ3v) is 4.72. The number of carbonyl (C=O) groups is 1. The molecule has 2 N–H and O–H groups in total. The lowest BCUT2D eigenvalue weighted by molar-refractivity contribution is -0.122. The number of hydrogen-bond donors (Lipinski definition) is 2. The van der Waals surface area contributed by atoms with Gasteiger partial charge in [0.2, 0.25) is 5.91 Å². The minimum Gasteiger partial charge on any atom is -0.497 e. The van der Waals surface area contributed by atoms with E-state index in [0.717, 1.165) is 45.0 Å². The molecule has 0 aromatic heterocycles. The number of hydrogen-bond acceptors (Lipinski definition) is 5. The van der Waals surface area contributed by atoms with E-state index in [1.54, 1.807) is 7.11 Å². The van der Waals surface area contributed by atoms with E-state index in [9.17, 15) is 4.79 Å². The Morgan fingerprint density at radius 1 is 1.42 bits per heavy atom. The Balaban J connectivity index is 0.00000169. The zero-order valence-electron chi connectivity index (χ0n) is 15.1. The predicted molar refractivity (Wildman–Crippen MR) is 108 cm³/mol. The molecule has 6 nitrogen and oxygen atoms in total. The van der Waals surface area contributed by atoms with E-state index in [1.165, 1.54) is 5.69 Å². The van der Waals surface area contributed by atoms with Gasteiger partial charge in [0.1, 0.15) is 5.75 Å². The van der Waals surface area contributed by atoms with Crippen LogP contribution in [-0.2, 0) is 9.53 Å². The highest BCUT2D eigenvalue weighted by Gasteiger charge is 2.24. The summed E-state index contributed by atoms with van der Waals surface area (Å²) in [6, 6.07) is 8.30. The van der Waals surface area contributed by atoms with Crippen molar-refractivity contribution in [2.24, 2.45) is 5.92 Å². The van der Waals surface area contributed by atoms with Gasteiger partial charge in [0.25, 0.3) is 0 Å². The maximum Gasteiger partial charge on any atom is 0.221 e. The number of rotatable bonds is 6. The second-order valence-electron chi connectivity index (χ2n) is 6.54. The first-order valence-corrected chi connectivity index (χ1v) is 8.71. The van der Waals surface area contributed by atoms with Gasteiger partial charge in [-0.15, -0.1) is 24.8 Å². The first-order chi connectivity index (χ1) is 11.7. The van der Waals surface area contributed by atoms with Crippen LogP contribution in [-0.4, -0.2) is 58.5 Å². The molecule has 3 rings (SSSR count). The van der Waals surface area contributed by atoms with E-state index < -0.39 is 0 Å². The van der Waals surface area contributed by atoms with Crippen molar-refractivity contribution in [2.75, 3.05) is 51.4 Å². The molecule has 1 aromatic carbocycles. The Bertz CT molecular complexity index is 556. The lowest BCUT2D eigenvalue weighted by Crippen LogP contribution is -2.44. The molecule has 2 aliphatic heterocycles. The van der Waals surface area contributed by atoms with Gasteiger partial charge < -0.3 is 25.0 Å². The Morgan fingerprint density at radius 2 is 2.27 bits per heavy atom. The van der Waals surface area contributed by atoms with Crippen LogP contribution in [0, 0.1) is 5.92 Å². The van der Waals surface area contributed by atoms with E-state index in [0.29, 0.717) is 18.9 Å². The van der Waals surface area contributed by atoms with Crippen molar-refractivity contribution < 1.29 is 14.3 Å². The number of nitrogens with zero attached hydrogens (tertiary/aromatic N) is 1.